The molecular formula is C14H20O2S. The maximum Gasteiger partial charge on any atom is 0.115 e. The molecule has 0 spiro atoms. The van der Waals surface area contributed by atoms with Crippen LogP contribution in [-0.4, -0.2) is 27.3 Å². The van der Waals surface area contributed by atoms with E-state index in [1.807, 2.05) is 23.9 Å². The van der Waals surface area contributed by atoms with E-state index >= 15 is 0 Å². The molecule has 0 saturated carbocycles. The van der Waals surface area contributed by atoms with Crippen LogP contribution in [0, 0.1) is 5.41 Å². The molecule has 2 rings (SSSR count). The van der Waals surface area contributed by atoms with Crippen LogP contribution in [0.25, 0.3) is 0 Å². The number of phenolic OH excluding ortho intramolecular Hbond substituents is 1. The van der Waals surface area contributed by atoms with Gasteiger partial charge in [0.15, 0.2) is 0 Å². The van der Waals surface area contributed by atoms with Crippen molar-refractivity contribution in [3.05, 3.63) is 29.8 Å². The van der Waals surface area contributed by atoms with E-state index in [1.54, 1.807) is 12.1 Å². The van der Waals surface area contributed by atoms with E-state index < -0.39 is 5.60 Å². The fourth-order valence-corrected chi connectivity index (χ4v) is 3.87. The van der Waals surface area contributed by atoms with Crippen LogP contribution in [0.5, 0.6) is 5.75 Å². The van der Waals surface area contributed by atoms with Crippen molar-refractivity contribution in [1.82, 2.24) is 0 Å². The van der Waals surface area contributed by atoms with E-state index in [-0.39, 0.29) is 11.2 Å². The van der Waals surface area contributed by atoms with E-state index in [0.29, 0.717) is 6.42 Å². The normalized spacial score (nSPS) is 27.9. The second-order valence-corrected chi connectivity index (χ2v) is 6.67. The minimum Gasteiger partial charge on any atom is -0.508 e. The Bertz CT molecular complexity index is 386. The summed E-state index contributed by atoms with van der Waals surface area (Å²) in [4.78, 5) is 0. The highest BCUT2D eigenvalue weighted by Crippen LogP contribution is 2.44. The van der Waals surface area contributed by atoms with E-state index in [2.05, 4.69) is 13.8 Å². The molecule has 1 heterocycles. The van der Waals surface area contributed by atoms with E-state index in [0.717, 1.165) is 23.5 Å². The maximum absolute atomic E-state index is 10.8. The van der Waals surface area contributed by atoms with Crippen molar-refractivity contribution < 1.29 is 10.2 Å². The van der Waals surface area contributed by atoms with Gasteiger partial charge in [-0.05, 0) is 35.3 Å². The van der Waals surface area contributed by atoms with Crippen LogP contribution in [0.4, 0.5) is 0 Å². The number of hydrogen-bond acceptors (Lipinski definition) is 3. The monoisotopic (exact) mass is 252 g/mol. The number of hydrogen-bond donors (Lipinski definition) is 2. The SMILES string of the molecule is CC1(C)CCSCC1(O)Cc1ccc(O)cc1. The molecule has 0 aromatic heterocycles. The maximum atomic E-state index is 10.8. The summed E-state index contributed by atoms with van der Waals surface area (Å²) in [5.74, 6) is 2.20. The molecule has 0 bridgehead atoms. The van der Waals surface area contributed by atoms with Gasteiger partial charge in [-0.2, -0.15) is 11.8 Å². The van der Waals surface area contributed by atoms with Crippen LogP contribution in [0.2, 0.25) is 0 Å². The molecule has 2 nitrogen and oxygen atoms in total. The Morgan fingerprint density at radius 3 is 2.47 bits per heavy atom. The Balaban J connectivity index is 2.18. The van der Waals surface area contributed by atoms with Gasteiger partial charge in [0.1, 0.15) is 5.75 Å². The molecule has 1 atom stereocenters. The van der Waals surface area contributed by atoms with Gasteiger partial charge in [0.05, 0.1) is 5.60 Å². The van der Waals surface area contributed by atoms with Crippen molar-refractivity contribution in [3.8, 4) is 5.75 Å². The van der Waals surface area contributed by atoms with Gasteiger partial charge in [0, 0.05) is 12.2 Å². The molecule has 94 valence electrons. The summed E-state index contributed by atoms with van der Waals surface area (Å²) in [5.41, 5.74) is 0.393. The van der Waals surface area contributed by atoms with E-state index in [1.165, 1.54) is 0 Å². The van der Waals surface area contributed by atoms with Crippen molar-refractivity contribution >= 4 is 11.8 Å². The first-order chi connectivity index (χ1) is 7.93. The molecule has 1 saturated heterocycles. The van der Waals surface area contributed by atoms with Crippen LogP contribution in [-0.2, 0) is 6.42 Å². The van der Waals surface area contributed by atoms with Gasteiger partial charge in [-0.3, -0.25) is 0 Å². The average Bonchev–Trinajstić information content (AvgIpc) is 2.26. The van der Waals surface area contributed by atoms with E-state index in [4.69, 9.17) is 0 Å². The summed E-state index contributed by atoms with van der Waals surface area (Å²) in [6.07, 6.45) is 1.71. The fourth-order valence-electron chi connectivity index (χ4n) is 2.24. The summed E-state index contributed by atoms with van der Waals surface area (Å²) >= 11 is 1.83. The van der Waals surface area contributed by atoms with Crippen molar-refractivity contribution in [3.63, 3.8) is 0 Å². The van der Waals surface area contributed by atoms with Gasteiger partial charge in [-0.1, -0.05) is 26.0 Å². The predicted octanol–water partition coefficient (Wildman–Crippen LogP) is 2.83. The molecular weight excluding hydrogens is 232 g/mol. The molecule has 1 unspecified atom stereocenters. The minimum absolute atomic E-state index is 0.0455. The van der Waals surface area contributed by atoms with Crippen LogP contribution < -0.4 is 0 Å². The zero-order valence-electron chi connectivity index (χ0n) is 10.4. The topological polar surface area (TPSA) is 40.5 Å². The third-order valence-electron chi connectivity index (χ3n) is 3.90. The number of phenols is 1. The van der Waals surface area contributed by atoms with Crippen molar-refractivity contribution in [2.45, 2.75) is 32.3 Å². The van der Waals surface area contributed by atoms with Crippen molar-refractivity contribution in [1.29, 1.82) is 0 Å². The second-order valence-electron chi connectivity index (χ2n) is 5.56. The van der Waals surface area contributed by atoms with Crippen molar-refractivity contribution in [2.75, 3.05) is 11.5 Å². The first-order valence-corrected chi connectivity index (χ1v) is 7.16. The zero-order valence-corrected chi connectivity index (χ0v) is 11.3. The Hall–Kier alpha value is -0.670. The molecule has 17 heavy (non-hydrogen) atoms. The molecule has 2 N–H and O–H groups in total. The van der Waals surface area contributed by atoms with Gasteiger partial charge in [0.25, 0.3) is 0 Å². The molecule has 1 fully saturated rings. The highest BCUT2D eigenvalue weighted by atomic mass is 32.2. The van der Waals surface area contributed by atoms with Crippen molar-refractivity contribution in [2.24, 2.45) is 5.41 Å². The molecule has 1 aromatic carbocycles. The standard InChI is InChI=1S/C14H20O2S/c1-13(2)7-8-17-10-14(13,16)9-11-3-5-12(15)6-4-11/h3-6,15-16H,7-10H2,1-2H3. The first-order valence-electron chi connectivity index (χ1n) is 6.01. The highest BCUT2D eigenvalue weighted by Gasteiger charge is 2.45. The zero-order chi connectivity index (χ0) is 12.5. The third-order valence-corrected chi connectivity index (χ3v) is 5.08. The van der Waals surface area contributed by atoms with Crippen LogP contribution in [0.15, 0.2) is 24.3 Å². The number of benzene rings is 1. The molecule has 0 radical (unpaired) electrons. The van der Waals surface area contributed by atoms with Gasteiger partial charge >= 0.3 is 0 Å². The number of rotatable bonds is 2. The molecule has 0 aliphatic carbocycles. The number of aliphatic hydroxyl groups is 1. The summed E-state index contributed by atoms with van der Waals surface area (Å²) in [6, 6.07) is 7.15. The third kappa shape index (κ3) is 2.61. The Morgan fingerprint density at radius 1 is 1.24 bits per heavy atom. The minimum atomic E-state index is -0.646. The predicted molar refractivity (Wildman–Crippen MR) is 72.5 cm³/mol. The lowest BCUT2D eigenvalue weighted by molar-refractivity contribution is -0.0513. The average molecular weight is 252 g/mol. The van der Waals surface area contributed by atoms with E-state index in [9.17, 15) is 10.2 Å². The summed E-state index contributed by atoms with van der Waals surface area (Å²) in [5, 5.41) is 20.1. The second kappa shape index (κ2) is 4.54. The van der Waals surface area contributed by atoms with Gasteiger partial charge < -0.3 is 10.2 Å². The lowest BCUT2D eigenvalue weighted by atomic mass is 9.70. The Kier molecular flexibility index (Phi) is 3.41. The lowest BCUT2D eigenvalue weighted by Gasteiger charge is -2.46. The Morgan fingerprint density at radius 2 is 1.88 bits per heavy atom. The molecule has 0 amide bonds. The molecule has 1 aliphatic heterocycles. The van der Waals surface area contributed by atoms with Gasteiger partial charge in [-0.25, -0.2) is 0 Å². The fraction of sp³-hybridized carbons (Fsp3) is 0.571. The molecule has 1 aromatic rings. The molecule has 3 heteroatoms. The largest absolute Gasteiger partial charge is 0.508 e. The quantitative estimate of drug-likeness (QED) is 0.850. The molecule has 1 aliphatic rings. The van der Waals surface area contributed by atoms with Crippen LogP contribution >= 0.6 is 11.8 Å². The highest BCUT2D eigenvalue weighted by molar-refractivity contribution is 7.99. The number of thioether (sulfide) groups is 1. The van der Waals surface area contributed by atoms with Crippen LogP contribution in [0.1, 0.15) is 25.8 Å². The summed E-state index contributed by atoms with van der Waals surface area (Å²) < 4.78 is 0. The summed E-state index contributed by atoms with van der Waals surface area (Å²) in [6.45, 7) is 4.29. The first kappa shape index (κ1) is 12.8. The Labute approximate surface area is 107 Å². The van der Waals surface area contributed by atoms with Gasteiger partial charge in [-0.15, -0.1) is 0 Å². The lowest BCUT2D eigenvalue weighted by Crippen LogP contribution is -2.51. The smallest absolute Gasteiger partial charge is 0.115 e. The van der Waals surface area contributed by atoms with Gasteiger partial charge in [0.2, 0.25) is 0 Å². The van der Waals surface area contributed by atoms with Crippen LogP contribution in [0.3, 0.4) is 0 Å². The number of aromatic hydroxyl groups is 1. The summed E-state index contributed by atoms with van der Waals surface area (Å²) in [7, 11) is 0.